The minimum absolute atomic E-state index is 0.0641. The lowest BCUT2D eigenvalue weighted by molar-refractivity contribution is -0.138. The molecule has 0 saturated carbocycles. The Bertz CT molecular complexity index is 876. The van der Waals surface area contributed by atoms with E-state index < -0.39 is 17.8 Å². The third kappa shape index (κ3) is 4.37. The number of nitrogens with zero attached hydrogens (tertiary/aromatic N) is 2. The fraction of sp³-hybridized carbons (Fsp3) is 0.263. The highest BCUT2D eigenvalue weighted by molar-refractivity contribution is 5.96. The number of furan rings is 1. The van der Waals surface area contributed by atoms with Crippen LogP contribution in [0.4, 0.5) is 10.5 Å². The van der Waals surface area contributed by atoms with Crippen LogP contribution in [0.5, 0.6) is 0 Å². The van der Waals surface area contributed by atoms with E-state index in [1.54, 1.807) is 30.3 Å². The van der Waals surface area contributed by atoms with Crippen LogP contribution in [0.3, 0.4) is 0 Å². The van der Waals surface area contributed by atoms with Crippen molar-refractivity contribution in [3.8, 4) is 0 Å². The SMILES string of the molecule is CC(=O)c1ccc(NC(=O)N2CCCN2C(=O)CNC(=O)c2ccco2)cc1. The molecule has 0 aliphatic carbocycles. The number of carbonyl (C=O) groups excluding carboxylic acids is 4. The molecule has 1 aliphatic heterocycles. The maximum Gasteiger partial charge on any atom is 0.340 e. The summed E-state index contributed by atoms with van der Waals surface area (Å²) in [4.78, 5) is 48.1. The first-order valence-corrected chi connectivity index (χ1v) is 8.77. The molecule has 146 valence electrons. The lowest BCUT2D eigenvalue weighted by Gasteiger charge is -2.28. The Morgan fingerprint density at radius 2 is 1.75 bits per heavy atom. The normalized spacial score (nSPS) is 13.3. The van der Waals surface area contributed by atoms with Crippen molar-refractivity contribution in [3.05, 3.63) is 54.0 Å². The first-order valence-electron chi connectivity index (χ1n) is 8.77. The monoisotopic (exact) mass is 384 g/mol. The highest BCUT2D eigenvalue weighted by Crippen LogP contribution is 2.15. The molecule has 0 bridgehead atoms. The van der Waals surface area contributed by atoms with Crippen molar-refractivity contribution < 1.29 is 23.6 Å². The fourth-order valence-corrected chi connectivity index (χ4v) is 2.80. The number of urea groups is 1. The third-order valence-corrected chi connectivity index (χ3v) is 4.24. The Morgan fingerprint density at radius 3 is 2.39 bits per heavy atom. The van der Waals surface area contributed by atoms with Gasteiger partial charge in [0.15, 0.2) is 11.5 Å². The van der Waals surface area contributed by atoms with E-state index in [0.29, 0.717) is 30.8 Å². The molecule has 0 unspecified atom stereocenters. The molecule has 9 nitrogen and oxygen atoms in total. The highest BCUT2D eigenvalue weighted by Gasteiger charge is 2.30. The van der Waals surface area contributed by atoms with Gasteiger partial charge in [-0.05, 0) is 49.7 Å². The smallest absolute Gasteiger partial charge is 0.340 e. The Kier molecular flexibility index (Phi) is 5.73. The van der Waals surface area contributed by atoms with Crippen molar-refractivity contribution in [1.82, 2.24) is 15.3 Å². The topological polar surface area (TPSA) is 112 Å². The van der Waals surface area contributed by atoms with E-state index in [1.165, 1.54) is 29.3 Å². The van der Waals surface area contributed by atoms with E-state index in [4.69, 9.17) is 4.42 Å². The van der Waals surface area contributed by atoms with Crippen LogP contribution in [0.25, 0.3) is 0 Å². The van der Waals surface area contributed by atoms with Crippen LogP contribution in [0.2, 0.25) is 0 Å². The van der Waals surface area contributed by atoms with Crippen molar-refractivity contribution >= 4 is 29.3 Å². The summed E-state index contributed by atoms with van der Waals surface area (Å²) in [5.41, 5.74) is 1.06. The number of hydrogen-bond donors (Lipinski definition) is 2. The van der Waals surface area contributed by atoms with Gasteiger partial charge in [0.1, 0.15) is 0 Å². The Labute approximate surface area is 161 Å². The maximum atomic E-state index is 12.5. The molecule has 4 amide bonds. The number of benzene rings is 1. The molecule has 2 N–H and O–H groups in total. The van der Waals surface area contributed by atoms with Crippen molar-refractivity contribution in [2.45, 2.75) is 13.3 Å². The second kappa shape index (κ2) is 8.38. The van der Waals surface area contributed by atoms with Gasteiger partial charge >= 0.3 is 6.03 Å². The van der Waals surface area contributed by atoms with Crippen LogP contribution >= 0.6 is 0 Å². The molecule has 0 atom stereocenters. The molecule has 0 spiro atoms. The molecule has 0 radical (unpaired) electrons. The van der Waals surface area contributed by atoms with Crippen molar-refractivity contribution in [2.24, 2.45) is 0 Å². The van der Waals surface area contributed by atoms with Gasteiger partial charge in [-0.25, -0.2) is 14.8 Å². The van der Waals surface area contributed by atoms with Crippen LogP contribution in [-0.4, -0.2) is 53.3 Å². The summed E-state index contributed by atoms with van der Waals surface area (Å²) in [5.74, 6) is -0.859. The largest absolute Gasteiger partial charge is 0.459 e. The minimum atomic E-state index is -0.501. The first kappa shape index (κ1) is 19.2. The van der Waals surface area contributed by atoms with Crippen molar-refractivity contribution in [1.29, 1.82) is 0 Å². The molecule has 1 aliphatic rings. The number of hydrazine groups is 1. The van der Waals surface area contributed by atoms with Gasteiger partial charge in [-0.1, -0.05) is 0 Å². The zero-order chi connectivity index (χ0) is 20.1. The van der Waals surface area contributed by atoms with E-state index in [9.17, 15) is 19.2 Å². The van der Waals surface area contributed by atoms with Crippen LogP contribution in [0, 0.1) is 0 Å². The summed E-state index contributed by atoms with van der Waals surface area (Å²) in [6, 6.07) is 9.10. The molecular formula is C19H20N4O5. The zero-order valence-electron chi connectivity index (χ0n) is 15.3. The molecule has 2 heterocycles. The molecule has 28 heavy (non-hydrogen) atoms. The molecule has 2 aromatic rings. The van der Waals surface area contributed by atoms with Gasteiger partial charge in [0, 0.05) is 24.3 Å². The van der Waals surface area contributed by atoms with Gasteiger partial charge in [0.25, 0.3) is 11.8 Å². The number of amides is 4. The van der Waals surface area contributed by atoms with Gasteiger partial charge in [0.2, 0.25) is 0 Å². The van der Waals surface area contributed by atoms with Crippen LogP contribution in [0.15, 0.2) is 47.1 Å². The second-order valence-corrected chi connectivity index (χ2v) is 6.22. The van der Waals surface area contributed by atoms with E-state index >= 15 is 0 Å². The number of ketones is 1. The molecule has 1 fully saturated rings. The second-order valence-electron chi connectivity index (χ2n) is 6.22. The Hall–Kier alpha value is -3.62. The fourth-order valence-electron chi connectivity index (χ4n) is 2.80. The molecule has 3 rings (SSSR count). The summed E-state index contributed by atoms with van der Waals surface area (Å²) in [6.07, 6.45) is 2.00. The number of Topliss-reactive ketones (excluding diaryl/α,β-unsaturated/α-hetero) is 1. The first-order chi connectivity index (χ1) is 13.5. The van der Waals surface area contributed by atoms with Gasteiger partial charge in [-0.15, -0.1) is 0 Å². The summed E-state index contributed by atoms with van der Waals surface area (Å²) in [7, 11) is 0. The molecular weight excluding hydrogens is 364 g/mol. The Morgan fingerprint density at radius 1 is 1.04 bits per heavy atom. The summed E-state index contributed by atoms with van der Waals surface area (Å²) < 4.78 is 4.97. The summed E-state index contributed by atoms with van der Waals surface area (Å²) in [5, 5.41) is 7.79. The Balaban J connectivity index is 1.56. The average Bonchev–Trinajstić information content (AvgIpc) is 3.38. The standard InChI is InChI=1S/C19H20N4O5/c1-13(24)14-5-7-15(8-6-14)21-19(27)23-10-3-9-22(23)17(25)12-20-18(26)16-4-2-11-28-16/h2,4-8,11H,3,9-10,12H2,1H3,(H,20,26)(H,21,27). The molecule has 9 heteroatoms. The van der Waals surface area contributed by atoms with Crippen LogP contribution in [-0.2, 0) is 4.79 Å². The van der Waals surface area contributed by atoms with E-state index in [-0.39, 0.29) is 18.1 Å². The number of rotatable bonds is 5. The molecule has 1 saturated heterocycles. The summed E-state index contributed by atoms with van der Waals surface area (Å²) >= 11 is 0. The lowest BCUT2D eigenvalue weighted by Crippen LogP contribution is -2.49. The van der Waals surface area contributed by atoms with Crippen molar-refractivity contribution in [2.75, 3.05) is 25.0 Å². The predicted molar refractivity (Wildman–Crippen MR) is 99.5 cm³/mol. The highest BCUT2D eigenvalue weighted by atomic mass is 16.3. The number of nitrogens with one attached hydrogen (secondary N) is 2. The van der Waals surface area contributed by atoms with Crippen molar-refractivity contribution in [3.63, 3.8) is 0 Å². The lowest BCUT2D eigenvalue weighted by atomic mass is 10.1. The van der Waals surface area contributed by atoms with Crippen LogP contribution < -0.4 is 10.6 Å². The van der Waals surface area contributed by atoms with Gasteiger partial charge < -0.3 is 15.1 Å². The quantitative estimate of drug-likeness (QED) is 0.765. The number of hydrogen-bond acceptors (Lipinski definition) is 5. The summed E-state index contributed by atoms with van der Waals surface area (Å²) in [6.45, 7) is 1.98. The molecule has 1 aromatic heterocycles. The van der Waals surface area contributed by atoms with E-state index in [1.807, 2.05) is 0 Å². The zero-order valence-corrected chi connectivity index (χ0v) is 15.3. The van der Waals surface area contributed by atoms with Gasteiger partial charge in [-0.2, -0.15) is 0 Å². The number of anilines is 1. The minimum Gasteiger partial charge on any atom is -0.459 e. The average molecular weight is 384 g/mol. The van der Waals surface area contributed by atoms with Crippen LogP contribution in [0.1, 0.15) is 34.3 Å². The maximum absolute atomic E-state index is 12.5. The molecule has 1 aromatic carbocycles. The van der Waals surface area contributed by atoms with Gasteiger partial charge in [-0.3, -0.25) is 14.4 Å². The van der Waals surface area contributed by atoms with E-state index in [0.717, 1.165) is 0 Å². The third-order valence-electron chi connectivity index (χ3n) is 4.24. The predicted octanol–water partition coefficient (Wildman–Crippen LogP) is 1.89. The van der Waals surface area contributed by atoms with E-state index in [2.05, 4.69) is 10.6 Å². The van der Waals surface area contributed by atoms with Gasteiger partial charge in [0.05, 0.1) is 12.8 Å². The number of carbonyl (C=O) groups is 4.